The van der Waals surface area contributed by atoms with Gasteiger partial charge in [-0.1, -0.05) is 48.5 Å². The molecule has 1 amide bonds. The van der Waals surface area contributed by atoms with Gasteiger partial charge in [-0.2, -0.15) is 5.10 Å². The smallest absolute Gasteiger partial charge is 0.280 e. The van der Waals surface area contributed by atoms with Crippen LogP contribution in [0.5, 0.6) is 0 Å². The molecule has 1 aromatic carbocycles. The monoisotopic (exact) mass is 427 g/mol. The Bertz CT molecular complexity index is 1100. The Kier molecular flexibility index (Phi) is 6.97. The predicted octanol–water partition coefficient (Wildman–Crippen LogP) is 3.28. The molecule has 0 bridgehead atoms. The molecule has 160 valence electrons. The largest absolute Gasteiger partial charge is 0.353 e. The normalized spacial score (nSPS) is 12.3. The van der Waals surface area contributed by atoms with Gasteiger partial charge in [-0.15, -0.1) is 0 Å². The van der Waals surface area contributed by atoms with Crippen molar-refractivity contribution >= 4 is 28.7 Å². The molecular weight excluding hydrogens is 398 g/mol. The minimum Gasteiger partial charge on any atom is -0.353 e. The van der Waals surface area contributed by atoms with E-state index < -0.39 is 0 Å². The molecule has 0 aliphatic rings. The first-order valence-corrected chi connectivity index (χ1v) is 11.3. The number of carbonyl (C=O) groups excluding carboxylic acids is 1. The fourth-order valence-corrected chi connectivity index (χ4v) is 3.99. The van der Waals surface area contributed by atoms with E-state index in [0.717, 1.165) is 23.2 Å². The van der Waals surface area contributed by atoms with Crippen LogP contribution in [0.2, 0.25) is 0 Å². The summed E-state index contributed by atoms with van der Waals surface area (Å²) in [5.74, 6) is 0.142. The van der Waals surface area contributed by atoms with Crippen LogP contribution in [0.3, 0.4) is 0 Å². The zero-order chi connectivity index (χ0) is 21.8. The first-order valence-electron chi connectivity index (χ1n) is 10.3. The molecule has 2 heterocycles. The Morgan fingerprint density at radius 1 is 1.20 bits per heavy atom. The molecule has 8 heteroatoms. The third-order valence-electron chi connectivity index (χ3n) is 5.09. The van der Waals surface area contributed by atoms with E-state index in [1.54, 1.807) is 9.25 Å². The number of fused-ring (bicyclic) bond motifs is 1. The number of nitrogens with one attached hydrogen (secondary N) is 1. The summed E-state index contributed by atoms with van der Waals surface area (Å²) in [6, 6.07) is 8.20. The lowest BCUT2D eigenvalue weighted by molar-refractivity contribution is -0.119. The van der Waals surface area contributed by atoms with Crippen molar-refractivity contribution in [1.29, 1.82) is 0 Å². The molecule has 1 N–H and O–H groups in total. The van der Waals surface area contributed by atoms with Crippen molar-refractivity contribution in [2.75, 3.05) is 5.75 Å². The molecule has 3 rings (SSSR count). The van der Waals surface area contributed by atoms with Crippen molar-refractivity contribution < 1.29 is 4.79 Å². The molecule has 0 fully saturated rings. The lowest BCUT2D eigenvalue weighted by Gasteiger charge is -2.14. The molecule has 0 radical (unpaired) electrons. The zero-order valence-electron chi connectivity index (χ0n) is 18.2. The highest BCUT2D eigenvalue weighted by atomic mass is 32.2. The molecule has 30 heavy (non-hydrogen) atoms. The van der Waals surface area contributed by atoms with Crippen LogP contribution in [-0.4, -0.2) is 37.0 Å². The number of hydrogen-bond acceptors (Lipinski definition) is 5. The minimum atomic E-state index is -0.132. The van der Waals surface area contributed by atoms with Crippen LogP contribution < -0.4 is 10.9 Å². The van der Waals surface area contributed by atoms with Crippen molar-refractivity contribution in [3.63, 3.8) is 0 Å². The summed E-state index contributed by atoms with van der Waals surface area (Å²) in [4.78, 5) is 30.5. The topological polar surface area (TPSA) is 81.8 Å². The summed E-state index contributed by atoms with van der Waals surface area (Å²) in [5.41, 5.74) is 3.87. The van der Waals surface area contributed by atoms with Crippen molar-refractivity contribution in [3.8, 4) is 0 Å². The highest BCUT2D eigenvalue weighted by Gasteiger charge is 2.19. The predicted molar refractivity (Wildman–Crippen MR) is 121 cm³/mol. The zero-order valence-corrected chi connectivity index (χ0v) is 19.0. The second-order valence-electron chi connectivity index (χ2n) is 7.54. The lowest BCUT2D eigenvalue weighted by Crippen LogP contribution is -2.33. The average Bonchev–Trinajstić information content (AvgIpc) is 3.05. The Morgan fingerprint density at radius 2 is 1.90 bits per heavy atom. The number of benzene rings is 1. The molecule has 2 aromatic heterocycles. The molecule has 0 aliphatic heterocycles. The number of aryl methyl sites for hydroxylation is 3. The molecule has 0 spiro atoms. The van der Waals surface area contributed by atoms with Crippen LogP contribution in [0.4, 0.5) is 0 Å². The van der Waals surface area contributed by atoms with Gasteiger partial charge in [-0.3, -0.25) is 18.8 Å². The quantitative estimate of drug-likeness (QED) is 0.441. The van der Waals surface area contributed by atoms with Crippen LogP contribution in [0.15, 0.2) is 34.2 Å². The minimum absolute atomic E-state index is 0.0634. The summed E-state index contributed by atoms with van der Waals surface area (Å²) in [7, 11) is 0. The van der Waals surface area contributed by atoms with E-state index in [1.165, 1.54) is 11.8 Å². The third-order valence-corrected chi connectivity index (χ3v) is 6.07. The van der Waals surface area contributed by atoms with Gasteiger partial charge in [0.2, 0.25) is 5.91 Å². The van der Waals surface area contributed by atoms with E-state index >= 15 is 0 Å². The van der Waals surface area contributed by atoms with Gasteiger partial charge < -0.3 is 5.32 Å². The summed E-state index contributed by atoms with van der Waals surface area (Å²) in [6.07, 6.45) is 0.869. The second kappa shape index (κ2) is 9.47. The number of nitrogens with zero attached hydrogens (tertiary/aromatic N) is 4. The molecule has 0 unspecified atom stereocenters. The molecule has 1 atom stereocenters. The molecule has 3 aromatic rings. The summed E-state index contributed by atoms with van der Waals surface area (Å²) >= 11 is 1.29. The molecular formula is C22H29N5O2S. The number of aromatic nitrogens is 4. The molecule has 0 saturated heterocycles. The van der Waals surface area contributed by atoms with E-state index in [2.05, 4.69) is 10.4 Å². The average molecular weight is 428 g/mol. The van der Waals surface area contributed by atoms with E-state index in [1.807, 2.05) is 58.9 Å². The highest BCUT2D eigenvalue weighted by molar-refractivity contribution is 7.99. The fraction of sp³-hybridized carbons (Fsp3) is 0.455. The van der Waals surface area contributed by atoms with Crippen LogP contribution in [-0.2, 0) is 17.9 Å². The Balaban J connectivity index is 2.02. The van der Waals surface area contributed by atoms with Gasteiger partial charge in [0.25, 0.3) is 5.56 Å². The maximum absolute atomic E-state index is 13.4. The van der Waals surface area contributed by atoms with Gasteiger partial charge in [-0.05, 0) is 39.7 Å². The van der Waals surface area contributed by atoms with Gasteiger partial charge in [-0.25, -0.2) is 4.98 Å². The number of thioether (sulfide) groups is 1. The maximum Gasteiger partial charge on any atom is 0.280 e. The van der Waals surface area contributed by atoms with Crippen molar-refractivity contribution in [1.82, 2.24) is 24.6 Å². The Labute approximate surface area is 180 Å². The maximum atomic E-state index is 13.4. The first kappa shape index (κ1) is 22.1. The molecule has 0 aliphatic carbocycles. The van der Waals surface area contributed by atoms with Crippen LogP contribution in [0.25, 0.3) is 11.0 Å². The summed E-state index contributed by atoms with van der Waals surface area (Å²) in [6.45, 7) is 10.8. The van der Waals surface area contributed by atoms with Crippen molar-refractivity contribution in [3.05, 3.63) is 51.4 Å². The lowest BCUT2D eigenvalue weighted by atomic mass is 10.1. The first-order chi connectivity index (χ1) is 14.3. The summed E-state index contributed by atoms with van der Waals surface area (Å²) < 4.78 is 3.36. The SMILES string of the molecule is CC[C@@H](C)NC(=O)CSc1nc2c(C)nn(CC)c2c(=O)n1Cc1ccc(C)cc1. The van der Waals surface area contributed by atoms with Crippen LogP contribution in [0, 0.1) is 13.8 Å². The Hall–Kier alpha value is -2.61. The molecule has 7 nitrogen and oxygen atoms in total. The van der Waals surface area contributed by atoms with Gasteiger partial charge in [0.05, 0.1) is 18.0 Å². The van der Waals surface area contributed by atoms with E-state index in [-0.39, 0.29) is 23.3 Å². The van der Waals surface area contributed by atoms with Crippen LogP contribution in [0.1, 0.15) is 44.0 Å². The van der Waals surface area contributed by atoms with Crippen LogP contribution >= 0.6 is 11.8 Å². The number of carbonyl (C=O) groups is 1. The van der Waals surface area contributed by atoms with Gasteiger partial charge >= 0.3 is 0 Å². The van der Waals surface area contributed by atoms with Gasteiger partial charge in [0.15, 0.2) is 10.7 Å². The summed E-state index contributed by atoms with van der Waals surface area (Å²) in [5, 5.41) is 7.96. The van der Waals surface area contributed by atoms with E-state index in [0.29, 0.717) is 29.3 Å². The number of hydrogen-bond donors (Lipinski definition) is 1. The fourth-order valence-electron chi connectivity index (χ4n) is 3.19. The van der Waals surface area contributed by atoms with Gasteiger partial charge in [0.1, 0.15) is 5.52 Å². The van der Waals surface area contributed by atoms with Gasteiger partial charge in [0, 0.05) is 12.6 Å². The molecule has 0 saturated carbocycles. The van der Waals surface area contributed by atoms with E-state index in [4.69, 9.17) is 4.98 Å². The Morgan fingerprint density at radius 3 is 2.53 bits per heavy atom. The highest BCUT2D eigenvalue weighted by Crippen LogP contribution is 2.21. The standard InChI is InChI=1S/C22H29N5O2S/c1-6-15(4)23-18(28)13-30-22-24-19-16(5)25-27(7-2)20(19)21(29)26(22)12-17-10-8-14(3)9-11-17/h8-11,15H,6-7,12-13H2,1-5H3,(H,23,28)/t15-/m1/s1. The van der Waals surface area contributed by atoms with Crippen molar-refractivity contribution in [2.24, 2.45) is 0 Å². The number of amides is 1. The van der Waals surface area contributed by atoms with E-state index in [9.17, 15) is 9.59 Å². The van der Waals surface area contributed by atoms with Crippen molar-refractivity contribution in [2.45, 2.75) is 65.3 Å². The number of rotatable bonds is 8. The third kappa shape index (κ3) is 4.75. The second-order valence-corrected chi connectivity index (χ2v) is 8.48.